The molecule has 0 aliphatic heterocycles. The zero-order valence-corrected chi connectivity index (χ0v) is 16.6. The molecule has 10 heteroatoms. The molecule has 164 valence electrons. The fourth-order valence-electron chi connectivity index (χ4n) is 2.68. The van der Waals surface area contributed by atoms with Crippen molar-refractivity contribution in [2.24, 2.45) is 5.73 Å². The SMILES string of the molecule is COc1ccc(-c2nc(OCC(F)F)oc2-c2ccc(OCCNC(N)=O)cc2)cc1. The molecule has 0 aliphatic rings. The number of carbonyl (C=O) groups excluding carboxylic acids is 1. The van der Waals surface area contributed by atoms with Gasteiger partial charge in [0.1, 0.15) is 23.8 Å². The number of hydrogen-bond acceptors (Lipinski definition) is 6. The molecular weight excluding hydrogens is 412 g/mol. The van der Waals surface area contributed by atoms with Crippen LogP contribution >= 0.6 is 0 Å². The molecule has 0 unspecified atom stereocenters. The molecule has 3 aromatic rings. The van der Waals surface area contributed by atoms with Gasteiger partial charge < -0.3 is 29.7 Å². The third-order valence-corrected chi connectivity index (χ3v) is 4.09. The number of halogens is 2. The summed E-state index contributed by atoms with van der Waals surface area (Å²) >= 11 is 0. The lowest BCUT2D eigenvalue weighted by Crippen LogP contribution is -2.32. The molecule has 31 heavy (non-hydrogen) atoms. The number of carbonyl (C=O) groups is 1. The monoisotopic (exact) mass is 433 g/mol. The Labute approximate surface area is 176 Å². The van der Waals surface area contributed by atoms with Crippen LogP contribution in [0.25, 0.3) is 22.6 Å². The molecule has 0 spiro atoms. The summed E-state index contributed by atoms with van der Waals surface area (Å²) in [5.41, 5.74) is 6.77. The number of urea groups is 1. The molecule has 0 bridgehead atoms. The summed E-state index contributed by atoms with van der Waals surface area (Å²) in [5, 5.41) is 2.42. The van der Waals surface area contributed by atoms with Gasteiger partial charge in [0.15, 0.2) is 12.4 Å². The number of hydrogen-bond donors (Lipinski definition) is 2. The van der Waals surface area contributed by atoms with Crippen LogP contribution in [0, 0.1) is 0 Å². The quantitative estimate of drug-likeness (QED) is 0.472. The van der Waals surface area contributed by atoms with Crippen LogP contribution in [0.2, 0.25) is 0 Å². The van der Waals surface area contributed by atoms with Crippen LogP contribution in [0.1, 0.15) is 0 Å². The standard InChI is InChI=1S/C21H21F2N3O5/c1-28-15-6-2-13(3-7-15)18-19(31-21(26-18)30-12-17(22)23)14-4-8-16(9-5-14)29-11-10-25-20(24)27/h2-9,17H,10-12H2,1H3,(H3,24,25,27). The van der Waals surface area contributed by atoms with Gasteiger partial charge in [-0.2, -0.15) is 4.98 Å². The maximum Gasteiger partial charge on any atom is 0.394 e. The molecule has 0 atom stereocenters. The number of primary amides is 1. The Balaban J connectivity index is 1.83. The van der Waals surface area contributed by atoms with Gasteiger partial charge in [-0.1, -0.05) is 0 Å². The maximum atomic E-state index is 12.5. The van der Waals surface area contributed by atoms with Crippen LogP contribution in [-0.4, -0.2) is 44.3 Å². The van der Waals surface area contributed by atoms with E-state index in [2.05, 4.69) is 10.3 Å². The normalized spacial score (nSPS) is 10.7. The van der Waals surface area contributed by atoms with Gasteiger partial charge in [-0.15, -0.1) is 0 Å². The first-order valence-electron chi connectivity index (χ1n) is 9.29. The summed E-state index contributed by atoms with van der Waals surface area (Å²) < 4.78 is 46.3. The van der Waals surface area contributed by atoms with Crippen molar-refractivity contribution in [3.05, 3.63) is 48.5 Å². The van der Waals surface area contributed by atoms with Crippen LogP contribution in [-0.2, 0) is 0 Å². The summed E-state index contributed by atoms with van der Waals surface area (Å²) in [5.74, 6) is 1.58. The molecule has 0 saturated heterocycles. The molecule has 1 aromatic heterocycles. The molecule has 8 nitrogen and oxygen atoms in total. The van der Waals surface area contributed by atoms with E-state index in [0.717, 1.165) is 0 Å². The first-order chi connectivity index (χ1) is 15.0. The smallest absolute Gasteiger partial charge is 0.394 e. The van der Waals surface area contributed by atoms with Crippen LogP contribution in [0.4, 0.5) is 13.6 Å². The average molecular weight is 433 g/mol. The van der Waals surface area contributed by atoms with Gasteiger partial charge in [0.05, 0.1) is 13.7 Å². The van der Waals surface area contributed by atoms with E-state index in [1.165, 1.54) is 0 Å². The Morgan fingerprint density at radius 3 is 2.32 bits per heavy atom. The summed E-state index contributed by atoms with van der Waals surface area (Å²) in [6.07, 6.45) is -2.90. The van der Waals surface area contributed by atoms with Crippen LogP contribution in [0.15, 0.2) is 52.9 Å². The van der Waals surface area contributed by atoms with Crippen LogP contribution in [0.5, 0.6) is 17.6 Å². The van der Waals surface area contributed by atoms with Crippen molar-refractivity contribution in [2.45, 2.75) is 6.43 Å². The number of rotatable bonds is 10. The van der Waals surface area contributed by atoms with E-state index in [9.17, 15) is 13.6 Å². The predicted molar refractivity (Wildman–Crippen MR) is 109 cm³/mol. The van der Waals surface area contributed by atoms with Crippen molar-refractivity contribution < 1.29 is 32.2 Å². The van der Waals surface area contributed by atoms with Crippen molar-refractivity contribution >= 4 is 6.03 Å². The number of ether oxygens (including phenoxy) is 3. The van der Waals surface area contributed by atoms with E-state index in [0.29, 0.717) is 34.1 Å². The number of nitrogens with two attached hydrogens (primary N) is 1. The highest BCUT2D eigenvalue weighted by molar-refractivity contribution is 5.77. The lowest BCUT2D eigenvalue weighted by molar-refractivity contribution is 0.0662. The zero-order valence-electron chi connectivity index (χ0n) is 16.6. The predicted octanol–water partition coefficient (Wildman–Crippen LogP) is 3.71. The molecule has 1 heterocycles. The minimum absolute atomic E-state index is 0.243. The highest BCUT2D eigenvalue weighted by Crippen LogP contribution is 2.36. The average Bonchev–Trinajstić information content (AvgIpc) is 3.20. The molecule has 3 N–H and O–H groups in total. The summed E-state index contributed by atoms with van der Waals surface area (Å²) in [7, 11) is 1.56. The van der Waals surface area contributed by atoms with E-state index in [1.807, 2.05) is 0 Å². The zero-order chi connectivity index (χ0) is 22.2. The van der Waals surface area contributed by atoms with Gasteiger partial charge >= 0.3 is 12.1 Å². The van der Waals surface area contributed by atoms with E-state index >= 15 is 0 Å². The van der Waals surface area contributed by atoms with Gasteiger partial charge in [-0.05, 0) is 48.5 Å². The van der Waals surface area contributed by atoms with E-state index < -0.39 is 19.1 Å². The van der Waals surface area contributed by atoms with Crippen LogP contribution < -0.4 is 25.3 Å². The molecule has 0 saturated carbocycles. The van der Waals surface area contributed by atoms with Gasteiger partial charge in [-0.25, -0.2) is 13.6 Å². The van der Waals surface area contributed by atoms with Gasteiger partial charge in [0, 0.05) is 11.1 Å². The first-order valence-corrected chi connectivity index (χ1v) is 9.29. The molecule has 2 aromatic carbocycles. The van der Waals surface area contributed by atoms with Gasteiger partial charge in [-0.3, -0.25) is 0 Å². The molecule has 3 rings (SSSR count). The fraction of sp³-hybridized carbons (Fsp3) is 0.238. The Morgan fingerprint density at radius 2 is 1.71 bits per heavy atom. The topological polar surface area (TPSA) is 109 Å². The second-order valence-corrected chi connectivity index (χ2v) is 6.25. The largest absolute Gasteiger partial charge is 0.497 e. The number of amides is 2. The maximum absolute atomic E-state index is 12.5. The second kappa shape index (κ2) is 10.3. The van der Waals surface area contributed by atoms with Crippen molar-refractivity contribution in [2.75, 3.05) is 26.9 Å². The number of nitrogens with one attached hydrogen (secondary N) is 1. The summed E-state index contributed by atoms with van der Waals surface area (Å²) in [4.78, 5) is 14.9. The van der Waals surface area contributed by atoms with Gasteiger partial charge in [0.25, 0.3) is 6.43 Å². The highest BCUT2D eigenvalue weighted by atomic mass is 19.3. The van der Waals surface area contributed by atoms with Crippen molar-refractivity contribution in [1.29, 1.82) is 0 Å². The molecule has 0 aliphatic carbocycles. The van der Waals surface area contributed by atoms with E-state index in [4.69, 9.17) is 24.4 Å². The Hall–Kier alpha value is -3.82. The number of nitrogens with zero attached hydrogens (tertiary/aromatic N) is 1. The number of methoxy groups -OCH3 is 1. The molecular formula is C21H21F2N3O5. The van der Waals surface area contributed by atoms with Crippen molar-refractivity contribution in [3.63, 3.8) is 0 Å². The van der Waals surface area contributed by atoms with Crippen LogP contribution in [0.3, 0.4) is 0 Å². The Morgan fingerprint density at radius 1 is 1.06 bits per heavy atom. The third kappa shape index (κ3) is 6.08. The fourth-order valence-corrected chi connectivity index (χ4v) is 2.68. The minimum atomic E-state index is -2.65. The number of aromatic nitrogens is 1. The lowest BCUT2D eigenvalue weighted by Gasteiger charge is -2.07. The van der Waals surface area contributed by atoms with E-state index in [1.54, 1.807) is 55.6 Å². The third-order valence-electron chi connectivity index (χ3n) is 4.09. The molecule has 0 radical (unpaired) electrons. The van der Waals surface area contributed by atoms with Gasteiger partial charge in [0.2, 0.25) is 0 Å². The molecule has 2 amide bonds. The number of alkyl halides is 2. The second-order valence-electron chi connectivity index (χ2n) is 6.25. The highest BCUT2D eigenvalue weighted by Gasteiger charge is 2.19. The Bertz CT molecular complexity index is 991. The van der Waals surface area contributed by atoms with Crippen molar-refractivity contribution in [3.8, 4) is 40.2 Å². The van der Waals surface area contributed by atoms with Crippen molar-refractivity contribution in [1.82, 2.24) is 10.3 Å². The first kappa shape index (κ1) is 21.9. The molecule has 0 fully saturated rings. The number of benzene rings is 2. The number of oxazole rings is 1. The summed E-state index contributed by atoms with van der Waals surface area (Å²) in [6, 6.07) is 13.3. The Kier molecular flexibility index (Phi) is 7.26. The van der Waals surface area contributed by atoms with E-state index in [-0.39, 0.29) is 19.2 Å². The summed E-state index contributed by atoms with van der Waals surface area (Å²) in [6.45, 7) is -0.312. The lowest BCUT2D eigenvalue weighted by atomic mass is 10.1. The minimum Gasteiger partial charge on any atom is -0.497 e.